The summed E-state index contributed by atoms with van der Waals surface area (Å²) in [6.45, 7) is 6.61. The zero-order valence-electron chi connectivity index (χ0n) is 12.5. The van der Waals surface area contributed by atoms with E-state index in [0.717, 1.165) is 5.69 Å². The third-order valence-electron chi connectivity index (χ3n) is 2.82. The molecule has 2 rings (SSSR count). The van der Waals surface area contributed by atoms with Gasteiger partial charge in [-0.2, -0.15) is 0 Å². The van der Waals surface area contributed by atoms with E-state index < -0.39 is 5.97 Å². The minimum Gasteiger partial charge on any atom is -0.461 e. The fraction of sp³-hybridized carbons (Fsp3) is 0.500. The lowest BCUT2D eigenvalue weighted by atomic mass is 10.1. The molecule has 0 aliphatic carbocycles. The highest BCUT2D eigenvalue weighted by atomic mass is 16.5. The Kier molecular flexibility index (Phi) is 4.97. The number of esters is 1. The van der Waals surface area contributed by atoms with Crippen LogP contribution in [0.4, 0.5) is 0 Å². The predicted octanol–water partition coefficient (Wildman–Crippen LogP) is 1.49. The molecule has 2 heterocycles. The van der Waals surface area contributed by atoms with Crippen LogP contribution in [0.5, 0.6) is 0 Å². The van der Waals surface area contributed by atoms with Crippen molar-refractivity contribution in [3.63, 3.8) is 0 Å². The molecule has 0 N–H and O–H groups in total. The van der Waals surface area contributed by atoms with E-state index in [1.165, 1.54) is 0 Å². The van der Waals surface area contributed by atoms with Crippen molar-refractivity contribution < 1.29 is 9.53 Å². The van der Waals surface area contributed by atoms with Crippen molar-refractivity contribution in [3.05, 3.63) is 35.7 Å². The highest BCUT2D eigenvalue weighted by Gasteiger charge is 2.21. The predicted molar refractivity (Wildman–Crippen MR) is 75.7 cm³/mol. The van der Waals surface area contributed by atoms with Gasteiger partial charge in [-0.15, -0.1) is 5.10 Å². The molecule has 112 valence electrons. The lowest BCUT2D eigenvalue weighted by Crippen LogP contribution is -2.14. The zero-order valence-corrected chi connectivity index (χ0v) is 12.5. The van der Waals surface area contributed by atoms with Crippen molar-refractivity contribution in [1.29, 1.82) is 0 Å². The topological polar surface area (TPSA) is 82.8 Å². The SMILES string of the molecule is CCOC(=O)c1nnn(Cc2ncccn2)c1CC(C)C. The molecule has 0 amide bonds. The number of aromatic nitrogens is 5. The molecule has 0 bridgehead atoms. The summed E-state index contributed by atoms with van der Waals surface area (Å²) in [5.41, 5.74) is 1.04. The summed E-state index contributed by atoms with van der Waals surface area (Å²) in [6, 6.07) is 1.75. The Bertz CT molecular complexity index is 595. The number of nitrogens with zero attached hydrogens (tertiary/aromatic N) is 5. The first kappa shape index (κ1) is 15.1. The van der Waals surface area contributed by atoms with Crippen molar-refractivity contribution in [2.24, 2.45) is 5.92 Å². The summed E-state index contributed by atoms with van der Waals surface area (Å²) >= 11 is 0. The van der Waals surface area contributed by atoms with E-state index in [4.69, 9.17) is 4.74 Å². The average molecular weight is 289 g/mol. The maximum atomic E-state index is 11.9. The molecular weight excluding hydrogens is 270 g/mol. The van der Waals surface area contributed by atoms with Gasteiger partial charge in [0.05, 0.1) is 12.3 Å². The van der Waals surface area contributed by atoms with Crippen molar-refractivity contribution >= 4 is 5.97 Å². The van der Waals surface area contributed by atoms with Crippen LogP contribution in [0, 0.1) is 5.92 Å². The van der Waals surface area contributed by atoms with E-state index in [1.807, 2.05) is 0 Å². The van der Waals surface area contributed by atoms with Gasteiger partial charge in [0.2, 0.25) is 0 Å². The first-order valence-corrected chi connectivity index (χ1v) is 6.97. The van der Waals surface area contributed by atoms with E-state index in [-0.39, 0.29) is 5.69 Å². The summed E-state index contributed by atoms with van der Waals surface area (Å²) in [4.78, 5) is 20.3. The molecular formula is C14H19N5O2. The smallest absolute Gasteiger partial charge is 0.360 e. The van der Waals surface area contributed by atoms with Gasteiger partial charge in [-0.1, -0.05) is 19.1 Å². The van der Waals surface area contributed by atoms with E-state index in [2.05, 4.69) is 34.1 Å². The third-order valence-corrected chi connectivity index (χ3v) is 2.82. The van der Waals surface area contributed by atoms with Gasteiger partial charge in [-0.3, -0.25) is 0 Å². The maximum absolute atomic E-state index is 11.9. The van der Waals surface area contributed by atoms with Gasteiger partial charge >= 0.3 is 5.97 Å². The molecule has 7 nitrogen and oxygen atoms in total. The molecule has 2 aromatic rings. The van der Waals surface area contributed by atoms with E-state index in [0.29, 0.717) is 31.3 Å². The Morgan fingerprint density at radius 3 is 2.67 bits per heavy atom. The molecule has 2 aromatic heterocycles. The molecule has 0 atom stereocenters. The van der Waals surface area contributed by atoms with Crippen LogP contribution in [-0.4, -0.2) is 37.5 Å². The molecule has 7 heteroatoms. The number of hydrogen-bond acceptors (Lipinski definition) is 6. The molecule has 0 saturated carbocycles. The molecule has 0 unspecified atom stereocenters. The number of ether oxygens (including phenoxy) is 1. The van der Waals surface area contributed by atoms with Gasteiger partial charge in [-0.25, -0.2) is 19.4 Å². The van der Waals surface area contributed by atoms with E-state index in [1.54, 1.807) is 30.1 Å². The number of carbonyl (C=O) groups is 1. The highest BCUT2D eigenvalue weighted by Crippen LogP contribution is 2.14. The third kappa shape index (κ3) is 3.84. The van der Waals surface area contributed by atoms with Crippen molar-refractivity contribution in [2.75, 3.05) is 6.61 Å². The number of hydrogen-bond donors (Lipinski definition) is 0. The highest BCUT2D eigenvalue weighted by molar-refractivity contribution is 5.88. The lowest BCUT2D eigenvalue weighted by Gasteiger charge is -2.09. The lowest BCUT2D eigenvalue weighted by molar-refractivity contribution is 0.0517. The first-order valence-electron chi connectivity index (χ1n) is 6.97. The summed E-state index contributed by atoms with van der Waals surface area (Å²) in [7, 11) is 0. The van der Waals surface area contributed by atoms with Crippen LogP contribution < -0.4 is 0 Å². The molecule has 0 aliphatic rings. The fourth-order valence-electron chi connectivity index (χ4n) is 1.95. The van der Waals surface area contributed by atoms with Gasteiger partial charge in [-0.05, 0) is 25.3 Å². The van der Waals surface area contributed by atoms with Crippen molar-refractivity contribution in [2.45, 2.75) is 33.7 Å². The van der Waals surface area contributed by atoms with Gasteiger partial charge in [0.25, 0.3) is 0 Å². The van der Waals surface area contributed by atoms with E-state index >= 15 is 0 Å². The second-order valence-electron chi connectivity index (χ2n) is 5.03. The zero-order chi connectivity index (χ0) is 15.2. The summed E-state index contributed by atoms with van der Waals surface area (Å²) in [5.74, 6) is 0.559. The Labute approximate surface area is 123 Å². The Hall–Kier alpha value is -2.31. The second kappa shape index (κ2) is 6.92. The normalized spacial score (nSPS) is 10.9. The van der Waals surface area contributed by atoms with Crippen LogP contribution in [0.1, 0.15) is 42.8 Å². The number of rotatable bonds is 6. The van der Waals surface area contributed by atoms with Crippen LogP contribution in [0.25, 0.3) is 0 Å². The first-order chi connectivity index (χ1) is 10.1. The van der Waals surface area contributed by atoms with E-state index in [9.17, 15) is 4.79 Å². The minimum absolute atomic E-state index is 0.279. The van der Waals surface area contributed by atoms with Gasteiger partial charge in [0.15, 0.2) is 5.69 Å². The molecule has 0 aliphatic heterocycles. The minimum atomic E-state index is -0.437. The van der Waals surface area contributed by atoms with Crippen LogP contribution >= 0.6 is 0 Å². The Morgan fingerprint density at radius 2 is 2.05 bits per heavy atom. The second-order valence-corrected chi connectivity index (χ2v) is 5.03. The summed E-state index contributed by atoms with van der Waals surface area (Å²) in [5, 5.41) is 8.02. The van der Waals surface area contributed by atoms with Crippen molar-refractivity contribution in [1.82, 2.24) is 25.0 Å². The quantitative estimate of drug-likeness (QED) is 0.749. The van der Waals surface area contributed by atoms with Crippen LogP contribution in [0.15, 0.2) is 18.5 Å². The molecule has 0 fully saturated rings. The molecule has 21 heavy (non-hydrogen) atoms. The molecule has 0 radical (unpaired) electrons. The molecule has 0 saturated heterocycles. The number of carbonyl (C=O) groups excluding carboxylic acids is 1. The Balaban J connectivity index is 2.30. The summed E-state index contributed by atoms with van der Waals surface area (Å²) < 4.78 is 6.70. The standard InChI is InChI=1S/C14H19N5O2/c1-4-21-14(20)13-11(8-10(2)3)19(18-17-13)9-12-15-6-5-7-16-12/h5-7,10H,4,8-9H2,1-3H3. The largest absolute Gasteiger partial charge is 0.461 e. The summed E-state index contributed by atoms with van der Waals surface area (Å²) in [6.07, 6.45) is 4.04. The van der Waals surface area contributed by atoms with Gasteiger partial charge < -0.3 is 4.74 Å². The van der Waals surface area contributed by atoms with Crippen molar-refractivity contribution in [3.8, 4) is 0 Å². The fourth-order valence-corrected chi connectivity index (χ4v) is 1.95. The molecule has 0 aromatic carbocycles. The van der Waals surface area contributed by atoms with Crippen LogP contribution in [-0.2, 0) is 17.7 Å². The van der Waals surface area contributed by atoms with Gasteiger partial charge in [0.1, 0.15) is 12.4 Å². The maximum Gasteiger partial charge on any atom is 0.360 e. The Morgan fingerprint density at radius 1 is 1.33 bits per heavy atom. The monoisotopic (exact) mass is 289 g/mol. The average Bonchev–Trinajstić information content (AvgIpc) is 2.82. The molecule has 0 spiro atoms. The van der Waals surface area contributed by atoms with Gasteiger partial charge in [0, 0.05) is 12.4 Å². The van der Waals surface area contributed by atoms with Crippen LogP contribution in [0.3, 0.4) is 0 Å². The van der Waals surface area contributed by atoms with Crippen LogP contribution in [0.2, 0.25) is 0 Å².